The lowest BCUT2D eigenvalue weighted by Crippen LogP contribution is -2.10. The second-order valence-corrected chi connectivity index (χ2v) is 4.75. The van der Waals surface area contributed by atoms with E-state index in [2.05, 4.69) is 39.0 Å². The van der Waals surface area contributed by atoms with Crippen molar-refractivity contribution in [2.24, 2.45) is 0 Å². The highest BCUT2D eigenvalue weighted by Gasteiger charge is 2.19. The molecule has 62 valence electrons. The molecule has 0 spiro atoms. The number of hydrogen-bond acceptors (Lipinski definition) is 2. The number of rotatable bonds is 0. The van der Waals surface area contributed by atoms with E-state index in [9.17, 15) is 0 Å². The molecule has 1 heterocycles. The van der Waals surface area contributed by atoms with Crippen LogP contribution in [0.25, 0.3) is 0 Å². The van der Waals surface area contributed by atoms with Gasteiger partial charge in [0.1, 0.15) is 0 Å². The highest BCUT2D eigenvalue weighted by Crippen LogP contribution is 2.30. The number of hydrogen-bond donors (Lipinski definition) is 0. The summed E-state index contributed by atoms with van der Waals surface area (Å²) in [6.07, 6.45) is 0. The molecule has 11 heavy (non-hydrogen) atoms. The number of aryl methyl sites for hydroxylation is 1. The molecular formula is C9H15NS. The van der Waals surface area contributed by atoms with Crippen LogP contribution in [0, 0.1) is 13.8 Å². The van der Waals surface area contributed by atoms with Crippen molar-refractivity contribution in [2.45, 2.75) is 40.0 Å². The minimum Gasteiger partial charge on any atom is -0.197 e. The molecule has 0 atom stereocenters. The maximum atomic E-state index is 4.32. The van der Waals surface area contributed by atoms with Crippen LogP contribution in [0.3, 0.4) is 0 Å². The summed E-state index contributed by atoms with van der Waals surface area (Å²) in [4.78, 5) is 1.41. The van der Waals surface area contributed by atoms with Gasteiger partial charge in [-0.15, -0.1) is 0 Å². The first kappa shape index (κ1) is 8.72. The topological polar surface area (TPSA) is 12.9 Å². The van der Waals surface area contributed by atoms with Crippen molar-refractivity contribution in [3.8, 4) is 0 Å². The normalized spacial score (nSPS) is 12.1. The molecule has 0 bridgehead atoms. The first-order chi connectivity index (χ1) is 4.93. The zero-order valence-electron chi connectivity index (χ0n) is 7.86. The molecule has 0 aliphatic heterocycles. The maximum Gasteiger partial charge on any atom is 0.0543 e. The van der Waals surface area contributed by atoms with Crippen LogP contribution in [0.2, 0.25) is 0 Å². The van der Waals surface area contributed by atoms with E-state index in [0.717, 1.165) is 0 Å². The van der Waals surface area contributed by atoms with Gasteiger partial charge in [-0.1, -0.05) is 20.8 Å². The molecule has 1 nitrogen and oxygen atoms in total. The van der Waals surface area contributed by atoms with E-state index < -0.39 is 0 Å². The highest BCUT2D eigenvalue weighted by molar-refractivity contribution is 7.06. The third-order valence-electron chi connectivity index (χ3n) is 1.84. The van der Waals surface area contributed by atoms with Crippen LogP contribution in [0.4, 0.5) is 0 Å². The van der Waals surface area contributed by atoms with Gasteiger partial charge >= 0.3 is 0 Å². The summed E-state index contributed by atoms with van der Waals surface area (Å²) in [6.45, 7) is 10.9. The van der Waals surface area contributed by atoms with Gasteiger partial charge in [0, 0.05) is 4.88 Å². The summed E-state index contributed by atoms with van der Waals surface area (Å²) in [5.74, 6) is 0. The fraction of sp³-hybridized carbons (Fsp3) is 0.667. The molecular weight excluding hydrogens is 154 g/mol. The van der Waals surface area contributed by atoms with E-state index in [4.69, 9.17) is 0 Å². The summed E-state index contributed by atoms with van der Waals surface area (Å²) in [5.41, 5.74) is 2.80. The highest BCUT2D eigenvalue weighted by atomic mass is 32.1. The van der Waals surface area contributed by atoms with Crippen molar-refractivity contribution in [1.82, 2.24) is 4.37 Å². The average molecular weight is 169 g/mol. The lowest BCUT2D eigenvalue weighted by atomic mass is 9.92. The van der Waals surface area contributed by atoms with Gasteiger partial charge in [0.15, 0.2) is 0 Å². The van der Waals surface area contributed by atoms with Crippen LogP contribution < -0.4 is 0 Å². The fourth-order valence-electron chi connectivity index (χ4n) is 1.11. The molecule has 0 radical (unpaired) electrons. The minimum absolute atomic E-state index is 0.260. The van der Waals surface area contributed by atoms with Crippen LogP contribution in [-0.4, -0.2) is 4.37 Å². The Morgan fingerprint density at radius 3 is 1.91 bits per heavy atom. The van der Waals surface area contributed by atoms with Crippen molar-refractivity contribution >= 4 is 11.5 Å². The van der Waals surface area contributed by atoms with Crippen LogP contribution in [0.1, 0.15) is 36.9 Å². The van der Waals surface area contributed by atoms with Gasteiger partial charge < -0.3 is 0 Å². The Morgan fingerprint density at radius 2 is 1.73 bits per heavy atom. The molecule has 0 fully saturated rings. The Balaban J connectivity index is 3.15. The van der Waals surface area contributed by atoms with E-state index in [-0.39, 0.29) is 5.41 Å². The van der Waals surface area contributed by atoms with Crippen molar-refractivity contribution in [3.63, 3.8) is 0 Å². The molecule has 0 aliphatic rings. The fourth-order valence-corrected chi connectivity index (χ4v) is 2.04. The molecule has 0 unspecified atom stereocenters. The lowest BCUT2D eigenvalue weighted by molar-refractivity contribution is 0.600. The van der Waals surface area contributed by atoms with E-state index in [1.54, 1.807) is 11.5 Å². The third-order valence-corrected chi connectivity index (χ3v) is 3.30. The number of aromatic nitrogens is 1. The van der Waals surface area contributed by atoms with Crippen LogP contribution in [0.15, 0.2) is 0 Å². The van der Waals surface area contributed by atoms with E-state index in [0.29, 0.717) is 0 Å². The van der Waals surface area contributed by atoms with Gasteiger partial charge in [0.25, 0.3) is 0 Å². The van der Waals surface area contributed by atoms with Gasteiger partial charge in [-0.25, -0.2) is 0 Å². The molecule has 0 aromatic carbocycles. The lowest BCUT2D eigenvalue weighted by Gasteiger charge is -2.16. The van der Waals surface area contributed by atoms with Crippen molar-refractivity contribution < 1.29 is 0 Å². The second kappa shape index (κ2) is 2.59. The Hall–Kier alpha value is -0.370. The van der Waals surface area contributed by atoms with Crippen LogP contribution >= 0.6 is 11.5 Å². The third kappa shape index (κ3) is 1.62. The maximum absolute atomic E-state index is 4.32. The average Bonchev–Trinajstić information content (AvgIpc) is 2.11. The van der Waals surface area contributed by atoms with Gasteiger partial charge in [0.05, 0.1) is 5.69 Å². The van der Waals surface area contributed by atoms with E-state index in [1.807, 2.05) is 0 Å². The Bertz CT molecular complexity index is 255. The van der Waals surface area contributed by atoms with Crippen LogP contribution in [0.5, 0.6) is 0 Å². The molecule has 1 aromatic rings. The quantitative estimate of drug-likeness (QED) is 0.581. The Kier molecular flexibility index (Phi) is 2.06. The van der Waals surface area contributed by atoms with Crippen molar-refractivity contribution in [3.05, 3.63) is 16.1 Å². The smallest absolute Gasteiger partial charge is 0.0543 e. The molecule has 1 aromatic heterocycles. The molecule has 0 amide bonds. The second-order valence-electron chi connectivity index (χ2n) is 3.97. The zero-order chi connectivity index (χ0) is 8.65. The summed E-state index contributed by atoms with van der Waals surface area (Å²) in [5, 5.41) is 0. The summed E-state index contributed by atoms with van der Waals surface area (Å²) >= 11 is 1.63. The summed E-state index contributed by atoms with van der Waals surface area (Å²) in [6, 6.07) is 0. The molecule has 0 saturated carbocycles. The summed E-state index contributed by atoms with van der Waals surface area (Å²) < 4.78 is 4.32. The van der Waals surface area contributed by atoms with Crippen molar-refractivity contribution in [1.29, 1.82) is 0 Å². The van der Waals surface area contributed by atoms with Gasteiger partial charge in [-0.3, -0.25) is 0 Å². The van der Waals surface area contributed by atoms with E-state index in [1.165, 1.54) is 16.1 Å². The Morgan fingerprint density at radius 1 is 1.18 bits per heavy atom. The van der Waals surface area contributed by atoms with Gasteiger partial charge in [0.2, 0.25) is 0 Å². The van der Waals surface area contributed by atoms with Crippen molar-refractivity contribution in [2.75, 3.05) is 0 Å². The molecule has 0 saturated heterocycles. The largest absolute Gasteiger partial charge is 0.197 e. The molecule has 0 N–H and O–H groups in total. The summed E-state index contributed by atoms with van der Waals surface area (Å²) in [7, 11) is 0. The zero-order valence-corrected chi connectivity index (χ0v) is 8.67. The minimum atomic E-state index is 0.260. The predicted molar refractivity (Wildman–Crippen MR) is 50.3 cm³/mol. The first-order valence-corrected chi connectivity index (χ1v) is 4.63. The molecule has 2 heteroatoms. The van der Waals surface area contributed by atoms with E-state index >= 15 is 0 Å². The van der Waals surface area contributed by atoms with Gasteiger partial charge in [-0.05, 0) is 36.4 Å². The standard InChI is InChI=1S/C9H15NS/c1-6-7(2)10-11-8(6)9(3,4)5/h1-5H3. The SMILES string of the molecule is Cc1nsc(C(C)(C)C)c1C. The number of nitrogens with zero attached hydrogens (tertiary/aromatic N) is 1. The Labute approximate surface area is 72.6 Å². The molecule has 1 rings (SSSR count). The first-order valence-electron chi connectivity index (χ1n) is 3.86. The monoisotopic (exact) mass is 169 g/mol. The van der Waals surface area contributed by atoms with Gasteiger partial charge in [-0.2, -0.15) is 4.37 Å². The van der Waals surface area contributed by atoms with Crippen LogP contribution in [-0.2, 0) is 5.41 Å². The molecule has 0 aliphatic carbocycles. The predicted octanol–water partition coefficient (Wildman–Crippen LogP) is 3.06.